The highest BCUT2D eigenvalue weighted by Gasteiger charge is 2.02. The van der Waals surface area contributed by atoms with Gasteiger partial charge in [-0.15, -0.1) is 5.10 Å². The normalized spacial score (nSPS) is 10.5. The van der Waals surface area contributed by atoms with E-state index in [4.69, 9.17) is 16.9 Å². The summed E-state index contributed by atoms with van der Waals surface area (Å²) in [5, 5.41) is 13.2. The Morgan fingerprint density at radius 1 is 1.44 bits per heavy atom. The molecule has 4 nitrogen and oxygen atoms in total. The van der Waals surface area contributed by atoms with Crippen molar-refractivity contribution in [1.82, 2.24) is 14.8 Å². The van der Waals surface area contributed by atoms with Crippen molar-refractivity contribution in [2.75, 3.05) is 0 Å². The van der Waals surface area contributed by atoms with Gasteiger partial charge in [0.05, 0.1) is 6.07 Å². The molecule has 0 saturated carbocycles. The Morgan fingerprint density at radius 3 is 3.06 bits per heavy atom. The van der Waals surface area contributed by atoms with Crippen molar-refractivity contribution in [1.29, 1.82) is 5.26 Å². The molecular weight excluding hydrogens is 224 g/mol. The molecule has 0 amide bonds. The predicted octanol–water partition coefficient (Wildman–Crippen LogP) is 2.59. The molecule has 2 aromatic rings. The maximum atomic E-state index is 8.37. The molecule has 0 saturated heterocycles. The Morgan fingerprint density at radius 2 is 2.31 bits per heavy atom. The van der Waals surface area contributed by atoms with Crippen LogP contribution >= 0.6 is 11.6 Å². The van der Waals surface area contributed by atoms with Crippen molar-refractivity contribution in [3.05, 3.63) is 41.7 Å². The van der Waals surface area contributed by atoms with Crippen LogP contribution in [-0.4, -0.2) is 14.8 Å². The Kier molecular flexibility index (Phi) is 2.99. The van der Waals surface area contributed by atoms with Crippen molar-refractivity contribution in [2.24, 2.45) is 0 Å². The lowest BCUT2D eigenvalue weighted by molar-refractivity contribution is 0.937. The van der Waals surface area contributed by atoms with Gasteiger partial charge in [-0.1, -0.05) is 23.7 Å². The lowest BCUT2D eigenvalue weighted by Crippen LogP contribution is -1.87. The van der Waals surface area contributed by atoms with Crippen LogP contribution in [0.15, 0.2) is 36.7 Å². The molecule has 0 aliphatic carbocycles. The van der Waals surface area contributed by atoms with E-state index in [1.54, 1.807) is 12.1 Å². The summed E-state index contributed by atoms with van der Waals surface area (Å²) in [6.07, 6.45) is 4.39. The van der Waals surface area contributed by atoms with Gasteiger partial charge in [0.25, 0.3) is 0 Å². The Labute approximate surface area is 97.4 Å². The smallest absolute Gasteiger partial charge is 0.181 e. The van der Waals surface area contributed by atoms with Crippen LogP contribution in [0.5, 0.6) is 0 Å². The zero-order valence-electron chi connectivity index (χ0n) is 8.21. The van der Waals surface area contributed by atoms with Crippen molar-refractivity contribution >= 4 is 17.8 Å². The molecule has 1 aromatic carbocycles. The molecule has 5 heteroatoms. The number of hydrogen-bond donors (Lipinski definition) is 0. The molecule has 1 heterocycles. The lowest BCUT2D eigenvalue weighted by atomic mass is 10.2. The third-order valence-electron chi connectivity index (χ3n) is 1.89. The van der Waals surface area contributed by atoms with Gasteiger partial charge in [0.15, 0.2) is 5.82 Å². The number of halogens is 1. The van der Waals surface area contributed by atoms with E-state index in [0.29, 0.717) is 10.8 Å². The van der Waals surface area contributed by atoms with E-state index in [2.05, 4.69) is 10.1 Å². The highest BCUT2D eigenvalue weighted by Crippen LogP contribution is 2.18. The average Bonchev–Trinajstić information content (AvgIpc) is 2.75. The quantitative estimate of drug-likeness (QED) is 0.745. The molecule has 0 N–H and O–H groups in total. The van der Waals surface area contributed by atoms with Crippen molar-refractivity contribution in [2.45, 2.75) is 0 Å². The first-order valence-electron chi connectivity index (χ1n) is 4.53. The number of hydrogen-bond acceptors (Lipinski definition) is 3. The van der Waals surface area contributed by atoms with Gasteiger partial charge >= 0.3 is 0 Å². The molecule has 0 aliphatic rings. The van der Waals surface area contributed by atoms with Gasteiger partial charge in [0.2, 0.25) is 0 Å². The van der Waals surface area contributed by atoms with Gasteiger partial charge in [-0.2, -0.15) is 5.26 Å². The van der Waals surface area contributed by atoms with E-state index in [1.807, 2.05) is 18.2 Å². The Hall–Kier alpha value is -2.12. The summed E-state index contributed by atoms with van der Waals surface area (Å²) in [7, 11) is 0. The van der Waals surface area contributed by atoms with E-state index < -0.39 is 0 Å². The van der Waals surface area contributed by atoms with Crippen LogP contribution in [0, 0.1) is 11.3 Å². The number of rotatable bonds is 2. The highest BCUT2D eigenvalue weighted by atomic mass is 35.5. The first-order chi connectivity index (χ1) is 7.79. The lowest BCUT2D eigenvalue weighted by Gasteiger charge is -1.94. The van der Waals surface area contributed by atoms with Gasteiger partial charge in [0, 0.05) is 22.9 Å². The molecule has 0 atom stereocenters. The summed E-state index contributed by atoms with van der Waals surface area (Å²) in [6.45, 7) is 0. The monoisotopic (exact) mass is 230 g/mol. The molecule has 0 fully saturated rings. The second kappa shape index (κ2) is 4.60. The van der Waals surface area contributed by atoms with Crippen molar-refractivity contribution in [3.63, 3.8) is 0 Å². The fourth-order valence-electron chi connectivity index (χ4n) is 1.22. The summed E-state index contributed by atoms with van der Waals surface area (Å²) in [6, 6.07) is 9.17. The summed E-state index contributed by atoms with van der Waals surface area (Å²) >= 11 is 5.87. The zero-order chi connectivity index (χ0) is 11.4. The Balaban J connectivity index is 2.32. The molecule has 0 bridgehead atoms. The topological polar surface area (TPSA) is 54.5 Å². The van der Waals surface area contributed by atoms with Crippen molar-refractivity contribution in [3.8, 4) is 17.5 Å². The third-order valence-corrected chi connectivity index (χ3v) is 2.13. The number of nitrogens with zero attached hydrogens (tertiary/aromatic N) is 4. The molecule has 0 spiro atoms. The third kappa shape index (κ3) is 2.27. The minimum atomic E-state index is 0.574. The molecule has 0 radical (unpaired) electrons. The summed E-state index contributed by atoms with van der Waals surface area (Å²) in [5.74, 6) is 0.574. The maximum absolute atomic E-state index is 8.37. The van der Waals surface area contributed by atoms with Crippen LogP contribution in [0.1, 0.15) is 0 Å². The van der Waals surface area contributed by atoms with Gasteiger partial charge in [-0.05, 0) is 12.1 Å². The number of aromatic nitrogens is 3. The highest BCUT2D eigenvalue weighted by molar-refractivity contribution is 6.30. The predicted molar refractivity (Wildman–Crippen MR) is 61.4 cm³/mol. The standard InChI is InChI=1S/C11H7ClN4/c12-10-4-1-3-9(7-10)11-14-8-16(15-11)6-2-5-13/h1-4,6-8H. The van der Waals surface area contributed by atoms with E-state index in [-0.39, 0.29) is 0 Å². The van der Waals surface area contributed by atoms with Crippen LogP contribution in [0.3, 0.4) is 0 Å². The summed E-state index contributed by atoms with van der Waals surface area (Å²) in [4.78, 5) is 4.11. The van der Waals surface area contributed by atoms with Gasteiger partial charge in [0.1, 0.15) is 6.33 Å². The second-order valence-corrected chi connectivity index (χ2v) is 3.44. The van der Waals surface area contributed by atoms with Crippen LogP contribution in [0.25, 0.3) is 17.6 Å². The van der Waals surface area contributed by atoms with Crippen LogP contribution in [0.2, 0.25) is 5.02 Å². The second-order valence-electron chi connectivity index (χ2n) is 3.00. The average molecular weight is 231 g/mol. The summed E-state index contributed by atoms with van der Waals surface area (Å²) in [5.41, 5.74) is 0.844. The minimum Gasteiger partial charge on any atom is -0.227 e. The number of benzene rings is 1. The van der Waals surface area contributed by atoms with Gasteiger partial charge < -0.3 is 0 Å². The van der Waals surface area contributed by atoms with Crippen LogP contribution < -0.4 is 0 Å². The molecule has 2 rings (SSSR count). The maximum Gasteiger partial charge on any atom is 0.181 e. The van der Waals surface area contributed by atoms with Gasteiger partial charge in [-0.3, -0.25) is 0 Å². The largest absolute Gasteiger partial charge is 0.227 e. The molecule has 16 heavy (non-hydrogen) atoms. The number of nitriles is 1. The fourth-order valence-corrected chi connectivity index (χ4v) is 1.41. The first kappa shape index (κ1) is 10.4. The van der Waals surface area contributed by atoms with E-state index in [0.717, 1.165) is 5.56 Å². The number of allylic oxidation sites excluding steroid dienone is 1. The van der Waals surface area contributed by atoms with Crippen LogP contribution in [-0.2, 0) is 0 Å². The minimum absolute atomic E-state index is 0.574. The fraction of sp³-hybridized carbons (Fsp3) is 0. The molecular formula is C11H7ClN4. The Bertz CT molecular complexity index is 565. The molecule has 1 aromatic heterocycles. The van der Waals surface area contributed by atoms with Gasteiger partial charge in [-0.25, -0.2) is 9.67 Å². The molecule has 0 unspecified atom stereocenters. The molecule has 0 aliphatic heterocycles. The van der Waals surface area contributed by atoms with E-state index >= 15 is 0 Å². The van der Waals surface area contributed by atoms with Crippen LogP contribution in [0.4, 0.5) is 0 Å². The zero-order valence-corrected chi connectivity index (χ0v) is 8.96. The summed E-state index contributed by atoms with van der Waals surface area (Å²) < 4.78 is 1.47. The first-order valence-corrected chi connectivity index (χ1v) is 4.91. The SMILES string of the molecule is N#CC=Cn1cnc(-c2cccc(Cl)c2)n1. The van der Waals surface area contributed by atoms with Crippen molar-refractivity contribution < 1.29 is 0 Å². The molecule has 78 valence electrons. The van der Waals surface area contributed by atoms with E-state index in [1.165, 1.54) is 23.3 Å². The van der Waals surface area contributed by atoms with E-state index in [9.17, 15) is 0 Å².